The Morgan fingerprint density at radius 2 is 2.16 bits per heavy atom. The van der Waals surface area contributed by atoms with Crippen LogP contribution in [0.5, 0.6) is 5.75 Å². The minimum atomic E-state index is 0.143. The molecule has 6 nitrogen and oxygen atoms in total. The first-order chi connectivity index (χ1) is 12.2. The molecule has 1 fully saturated rings. The Kier molecular flexibility index (Phi) is 4.43. The molecule has 4 rings (SSSR count). The summed E-state index contributed by atoms with van der Waals surface area (Å²) in [6, 6.07) is 4.54. The molecule has 2 N–H and O–H groups in total. The normalized spacial score (nSPS) is 23.9. The highest BCUT2D eigenvalue weighted by Gasteiger charge is 2.22. The van der Waals surface area contributed by atoms with E-state index in [1.807, 2.05) is 12.3 Å². The summed E-state index contributed by atoms with van der Waals surface area (Å²) in [6.45, 7) is 1.36. The molecule has 1 saturated carbocycles. The highest BCUT2D eigenvalue weighted by atomic mass is 16.5. The van der Waals surface area contributed by atoms with Crippen molar-refractivity contribution in [2.45, 2.75) is 44.2 Å². The van der Waals surface area contributed by atoms with Gasteiger partial charge in [0.25, 0.3) is 0 Å². The van der Waals surface area contributed by atoms with Crippen LogP contribution in [0.25, 0.3) is 11.1 Å². The largest absolute Gasteiger partial charge is 0.488 e. The summed E-state index contributed by atoms with van der Waals surface area (Å²) in [7, 11) is 0. The predicted octanol–water partition coefficient (Wildman–Crippen LogP) is 2.66. The van der Waals surface area contributed by atoms with E-state index >= 15 is 0 Å². The lowest BCUT2D eigenvalue weighted by molar-refractivity contribution is 0.148. The third-order valence-corrected chi connectivity index (χ3v) is 5.04. The van der Waals surface area contributed by atoms with Crippen LogP contribution in [-0.4, -0.2) is 35.0 Å². The summed E-state index contributed by atoms with van der Waals surface area (Å²) in [5.74, 6) is 0.736. The van der Waals surface area contributed by atoms with Crippen LogP contribution in [-0.2, 0) is 4.74 Å². The Hall–Kier alpha value is -2.36. The van der Waals surface area contributed by atoms with Crippen molar-refractivity contribution in [1.82, 2.24) is 9.61 Å². The van der Waals surface area contributed by atoms with Crippen molar-refractivity contribution >= 4 is 11.1 Å². The molecule has 0 unspecified atom stereocenters. The van der Waals surface area contributed by atoms with Crippen LogP contribution >= 0.6 is 0 Å². The highest BCUT2D eigenvalue weighted by molar-refractivity contribution is 5.75. The third kappa shape index (κ3) is 3.26. The Balaban J connectivity index is 1.72. The molecule has 0 spiro atoms. The topological polar surface area (TPSA) is 85.6 Å². The van der Waals surface area contributed by atoms with Crippen molar-refractivity contribution < 1.29 is 9.47 Å². The van der Waals surface area contributed by atoms with Crippen molar-refractivity contribution in [2.24, 2.45) is 5.73 Å². The molecule has 1 aliphatic carbocycles. The molecule has 0 amide bonds. The quantitative estimate of drug-likeness (QED) is 0.930. The average molecular weight is 338 g/mol. The van der Waals surface area contributed by atoms with Gasteiger partial charge in [0.05, 0.1) is 25.5 Å². The molecule has 0 bridgehead atoms. The van der Waals surface area contributed by atoms with E-state index in [2.05, 4.69) is 17.2 Å². The summed E-state index contributed by atoms with van der Waals surface area (Å²) in [4.78, 5) is 0. The standard InChI is InChI=1S/C19H22N4O2/c20-10-15-11-22-23-12-14(13-5-7-24-8-6-13)9-18(19(15)23)25-17-3-1-16(21)2-4-17/h5,9,11-12,16-17H,1-4,6-8,21H2/t16-,17+. The third-order valence-electron chi connectivity index (χ3n) is 5.04. The molecular formula is C19H22N4O2. The Labute approximate surface area is 146 Å². The number of pyridine rings is 1. The monoisotopic (exact) mass is 338 g/mol. The van der Waals surface area contributed by atoms with E-state index in [1.54, 1.807) is 10.7 Å². The minimum Gasteiger partial charge on any atom is -0.488 e. The van der Waals surface area contributed by atoms with Gasteiger partial charge in [-0.1, -0.05) is 6.08 Å². The molecule has 6 heteroatoms. The van der Waals surface area contributed by atoms with Crippen LogP contribution in [0.3, 0.4) is 0 Å². The Morgan fingerprint density at radius 3 is 2.88 bits per heavy atom. The number of fused-ring (bicyclic) bond motifs is 1. The first-order valence-electron chi connectivity index (χ1n) is 8.85. The predicted molar refractivity (Wildman–Crippen MR) is 94.2 cm³/mol. The van der Waals surface area contributed by atoms with Gasteiger partial charge in [0.15, 0.2) is 0 Å². The molecular weight excluding hydrogens is 316 g/mol. The van der Waals surface area contributed by atoms with Gasteiger partial charge in [-0.25, -0.2) is 4.52 Å². The number of ether oxygens (including phenoxy) is 2. The lowest BCUT2D eigenvalue weighted by atomic mass is 9.93. The van der Waals surface area contributed by atoms with Crippen molar-refractivity contribution in [1.29, 1.82) is 5.26 Å². The molecule has 2 aromatic rings. The highest BCUT2D eigenvalue weighted by Crippen LogP contribution is 2.32. The van der Waals surface area contributed by atoms with Crippen LogP contribution in [0.2, 0.25) is 0 Å². The van der Waals surface area contributed by atoms with Crippen LogP contribution in [0.4, 0.5) is 0 Å². The van der Waals surface area contributed by atoms with Gasteiger partial charge in [-0.3, -0.25) is 0 Å². The fourth-order valence-corrected chi connectivity index (χ4v) is 3.61. The summed E-state index contributed by atoms with van der Waals surface area (Å²) < 4.78 is 13.5. The lowest BCUT2D eigenvalue weighted by Gasteiger charge is -2.27. The first-order valence-corrected chi connectivity index (χ1v) is 8.85. The van der Waals surface area contributed by atoms with E-state index in [0.29, 0.717) is 12.2 Å². The van der Waals surface area contributed by atoms with Gasteiger partial charge in [-0.2, -0.15) is 10.4 Å². The molecule has 1 aliphatic heterocycles. The molecule has 25 heavy (non-hydrogen) atoms. The second kappa shape index (κ2) is 6.87. The lowest BCUT2D eigenvalue weighted by Crippen LogP contribution is -2.31. The van der Waals surface area contributed by atoms with Gasteiger partial charge in [0.2, 0.25) is 0 Å². The zero-order valence-corrected chi connectivity index (χ0v) is 14.1. The fraction of sp³-hybridized carbons (Fsp3) is 0.474. The van der Waals surface area contributed by atoms with Gasteiger partial charge in [0, 0.05) is 12.2 Å². The van der Waals surface area contributed by atoms with E-state index in [4.69, 9.17) is 15.2 Å². The van der Waals surface area contributed by atoms with Gasteiger partial charge in [0.1, 0.15) is 22.9 Å². The SMILES string of the molecule is N#Cc1cnn2cc(C3=CCOCC3)cc(O[C@H]3CC[C@@H](N)CC3)c12. The summed E-state index contributed by atoms with van der Waals surface area (Å²) in [5, 5.41) is 13.8. The van der Waals surface area contributed by atoms with E-state index in [9.17, 15) is 5.26 Å². The second-order valence-corrected chi connectivity index (χ2v) is 6.77. The smallest absolute Gasteiger partial charge is 0.147 e. The number of hydrogen-bond acceptors (Lipinski definition) is 5. The molecule has 0 aromatic carbocycles. The molecule has 130 valence electrons. The molecule has 0 saturated heterocycles. The van der Waals surface area contributed by atoms with Crippen molar-refractivity contribution in [2.75, 3.05) is 13.2 Å². The fourth-order valence-electron chi connectivity index (χ4n) is 3.61. The number of nitrogens with two attached hydrogens (primary N) is 1. The van der Waals surface area contributed by atoms with Gasteiger partial charge < -0.3 is 15.2 Å². The van der Waals surface area contributed by atoms with Gasteiger partial charge >= 0.3 is 0 Å². The van der Waals surface area contributed by atoms with E-state index in [-0.39, 0.29) is 12.1 Å². The van der Waals surface area contributed by atoms with Gasteiger partial charge in [-0.05, 0) is 49.3 Å². The summed E-state index contributed by atoms with van der Waals surface area (Å²) in [6.07, 6.45) is 10.5. The van der Waals surface area contributed by atoms with Crippen molar-refractivity contribution in [3.63, 3.8) is 0 Å². The maximum atomic E-state index is 9.40. The zero-order valence-electron chi connectivity index (χ0n) is 14.1. The van der Waals surface area contributed by atoms with E-state index in [0.717, 1.165) is 55.5 Å². The van der Waals surface area contributed by atoms with Crippen LogP contribution in [0, 0.1) is 11.3 Å². The zero-order chi connectivity index (χ0) is 17.2. The molecule has 2 aromatic heterocycles. The molecule has 0 atom stereocenters. The minimum absolute atomic E-state index is 0.143. The maximum absolute atomic E-state index is 9.40. The van der Waals surface area contributed by atoms with Crippen molar-refractivity contribution in [3.05, 3.63) is 35.7 Å². The number of nitrogens with zero attached hydrogens (tertiary/aromatic N) is 3. The average Bonchev–Trinajstić information content (AvgIpc) is 3.08. The number of hydrogen-bond donors (Lipinski definition) is 1. The molecule has 0 radical (unpaired) electrons. The van der Waals surface area contributed by atoms with E-state index < -0.39 is 0 Å². The summed E-state index contributed by atoms with van der Waals surface area (Å²) in [5.41, 5.74) is 9.59. The summed E-state index contributed by atoms with van der Waals surface area (Å²) >= 11 is 0. The Morgan fingerprint density at radius 1 is 1.32 bits per heavy atom. The number of nitriles is 1. The van der Waals surface area contributed by atoms with Crippen molar-refractivity contribution in [3.8, 4) is 11.8 Å². The molecule has 3 heterocycles. The van der Waals surface area contributed by atoms with Crippen LogP contribution < -0.4 is 10.5 Å². The number of aromatic nitrogens is 2. The van der Waals surface area contributed by atoms with E-state index in [1.165, 1.54) is 5.57 Å². The van der Waals surface area contributed by atoms with Crippen LogP contribution in [0.1, 0.15) is 43.2 Å². The van der Waals surface area contributed by atoms with Gasteiger partial charge in [-0.15, -0.1) is 0 Å². The number of rotatable bonds is 3. The Bertz CT molecular complexity index is 841. The first kappa shape index (κ1) is 16.1. The molecule has 2 aliphatic rings. The maximum Gasteiger partial charge on any atom is 0.147 e. The second-order valence-electron chi connectivity index (χ2n) is 6.77. The van der Waals surface area contributed by atoms with Crippen LogP contribution in [0.15, 0.2) is 24.5 Å².